The van der Waals surface area contributed by atoms with Crippen molar-refractivity contribution in [3.05, 3.63) is 12.2 Å². The average molecular weight is 606 g/mol. The van der Waals surface area contributed by atoms with Crippen molar-refractivity contribution in [3.63, 3.8) is 0 Å². The van der Waals surface area contributed by atoms with Crippen molar-refractivity contribution in [1.82, 2.24) is 0 Å². The molecule has 0 aromatic carbocycles. The second-order valence-corrected chi connectivity index (χ2v) is 36.7. The maximum atomic E-state index is 7.36. The molecule has 0 aromatic rings. The molecule has 0 aliphatic carbocycles. The fourth-order valence-corrected chi connectivity index (χ4v) is 26.0. The Hall–Kier alpha value is 0.892. The van der Waals surface area contributed by atoms with Crippen molar-refractivity contribution in [2.75, 3.05) is 6.61 Å². The van der Waals surface area contributed by atoms with E-state index in [0.717, 1.165) is 6.61 Å². The zero-order chi connectivity index (χ0) is 26.0. The third-order valence-corrected chi connectivity index (χ3v) is 34.1. The Kier molecular flexibility index (Phi) is 15.0. The Bertz CT molecular complexity index is 537. The Morgan fingerprint density at radius 3 is 1.42 bits per heavy atom. The van der Waals surface area contributed by atoms with Gasteiger partial charge in [0.2, 0.25) is 0 Å². The minimum absolute atomic E-state index is 0.245. The number of hydrogen-bond acceptors (Lipinski definition) is 2. The van der Waals surface area contributed by atoms with Gasteiger partial charge in [0.1, 0.15) is 0 Å². The van der Waals surface area contributed by atoms with Crippen LogP contribution in [0.3, 0.4) is 0 Å². The summed E-state index contributed by atoms with van der Waals surface area (Å²) >= 11 is -2.58. The zero-order valence-corrected chi connectivity index (χ0v) is 30.0. The first-order chi connectivity index (χ1) is 15.0. The van der Waals surface area contributed by atoms with Crippen molar-refractivity contribution >= 4 is 35.0 Å². The molecule has 0 saturated carbocycles. The van der Waals surface area contributed by atoms with E-state index in [9.17, 15) is 0 Å². The maximum absolute atomic E-state index is 7.36. The monoisotopic (exact) mass is 606 g/mol. The van der Waals surface area contributed by atoms with Gasteiger partial charge in [-0.05, 0) is 0 Å². The molecule has 198 valence electrons. The van der Waals surface area contributed by atoms with Gasteiger partial charge in [-0.3, -0.25) is 0 Å². The molecule has 0 rings (SSSR count). The van der Waals surface area contributed by atoms with Gasteiger partial charge in [0.05, 0.1) is 0 Å². The molecule has 0 heterocycles. The van der Waals surface area contributed by atoms with Crippen LogP contribution < -0.4 is 0 Å². The van der Waals surface area contributed by atoms with Gasteiger partial charge in [-0.25, -0.2) is 0 Å². The van der Waals surface area contributed by atoms with Gasteiger partial charge in [0, 0.05) is 0 Å². The SMILES string of the molecule is CCC[CH2][Sn]([CH2]CCC)([CH2]CCC)[CH](/C=C/CO[Si](C)(C)C(C)(C)C)O[Si](C)(C)C(C)(C)C. The topological polar surface area (TPSA) is 18.5 Å². The molecule has 0 aliphatic heterocycles. The van der Waals surface area contributed by atoms with Crippen LogP contribution in [0.15, 0.2) is 12.2 Å². The van der Waals surface area contributed by atoms with Crippen molar-refractivity contribution in [1.29, 1.82) is 0 Å². The summed E-state index contributed by atoms with van der Waals surface area (Å²) in [7, 11) is -3.58. The molecule has 0 aromatic heterocycles. The molecular weight excluding hydrogens is 543 g/mol. The van der Waals surface area contributed by atoms with Crippen LogP contribution in [0, 0.1) is 0 Å². The third-order valence-electron chi connectivity index (χ3n) is 8.57. The summed E-state index contributed by atoms with van der Waals surface area (Å²) < 4.78 is 18.7. The van der Waals surface area contributed by atoms with E-state index in [0.29, 0.717) is 4.12 Å². The molecule has 2 nitrogen and oxygen atoms in total. The average Bonchev–Trinajstić information content (AvgIpc) is 2.68. The fourth-order valence-electron chi connectivity index (χ4n) is 3.90. The van der Waals surface area contributed by atoms with E-state index in [-0.39, 0.29) is 10.1 Å². The number of rotatable bonds is 16. The molecule has 0 fully saturated rings. The zero-order valence-electron chi connectivity index (χ0n) is 25.1. The number of hydrogen-bond donors (Lipinski definition) is 0. The van der Waals surface area contributed by atoms with E-state index >= 15 is 0 Å². The summed E-state index contributed by atoms with van der Waals surface area (Å²) in [6, 6.07) is 0. The predicted molar refractivity (Wildman–Crippen MR) is 159 cm³/mol. The second kappa shape index (κ2) is 14.6. The molecule has 0 radical (unpaired) electrons. The summed E-state index contributed by atoms with van der Waals surface area (Å²) in [6.07, 6.45) is 12.9. The predicted octanol–water partition coefficient (Wildman–Crippen LogP) is 10.3. The van der Waals surface area contributed by atoms with Gasteiger partial charge in [-0.2, -0.15) is 0 Å². The Balaban J connectivity index is 6.12. The van der Waals surface area contributed by atoms with Gasteiger partial charge < -0.3 is 0 Å². The van der Waals surface area contributed by atoms with Crippen LogP contribution in [-0.2, 0) is 8.85 Å². The van der Waals surface area contributed by atoms with E-state index in [1.54, 1.807) is 0 Å². The Morgan fingerprint density at radius 1 is 0.697 bits per heavy atom. The van der Waals surface area contributed by atoms with E-state index in [1.807, 2.05) is 0 Å². The van der Waals surface area contributed by atoms with E-state index in [2.05, 4.69) is 101 Å². The normalized spacial score (nSPS) is 15.4. The van der Waals surface area contributed by atoms with Crippen LogP contribution >= 0.6 is 0 Å². The number of unbranched alkanes of at least 4 members (excludes halogenated alkanes) is 3. The van der Waals surface area contributed by atoms with Crippen molar-refractivity contribution < 1.29 is 8.85 Å². The minimum atomic E-state index is -2.58. The van der Waals surface area contributed by atoms with Crippen LogP contribution in [0.2, 0.25) is 49.6 Å². The Labute approximate surface area is 216 Å². The second-order valence-electron chi connectivity index (χ2n) is 13.5. The van der Waals surface area contributed by atoms with Crippen molar-refractivity contribution in [2.24, 2.45) is 0 Å². The van der Waals surface area contributed by atoms with Gasteiger partial charge >= 0.3 is 217 Å². The van der Waals surface area contributed by atoms with Crippen molar-refractivity contribution in [3.8, 4) is 0 Å². The van der Waals surface area contributed by atoms with E-state index in [1.165, 1.54) is 51.8 Å². The van der Waals surface area contributed by atoms with Crippen molar-refractivity contribution in [2.45, 2.75) is 155 Å². The molecule has 0 spiro atoms. The van der Waals surface area contributed by atoms with Crippen LogP contribution in [0.1, 0.15) is 101 Å². The van der Waals surface area contributed by atoms with Crippen LogP contribution in [0.5, 0.6) is 0 Å². The third kappa shape index (κ3) is 11.2. The molecule has 0 bridgehead atoms. The summed E-state index contributed by atoms with van der Waals surface area (Å²) in [5, 5.41) is 0.499. The van der Waals surface area contributed by atoms with Crippen LogP contribution in [0.4, 0.5) is 0 Å². The summed E-state index contributed by atoms with van der Waals surface area (Å²) in [5.41, 5.74) is 0. The van der Waals surface area contributed by atoms with Gasteiger partial charge in [0.25, 0.3) is 0 Å². The first-order valence-corrected chi connectivity index (χ1v) is 27.5. The molecule has 0 aliphatic rings. The standard InChI is InChI=1S/C16H35O2Si2.3C4H9.Sn/c1-15(2,3)19(7,8)17-13-11-12-14-18-20(9,10)16(4,5)6;3*1-3-4-2;/h11-13H,14H2,1-10H3;3*1,3-4H2,2H3;/b12-11+;;;;. The first-order valence-electron chi connectivity index (χ1n) is 14.0. The molecule has 0 saturated heterocycles. The van der Waals surface area contributed by atoms with Gasteiger partial charge in [0.15, 0.2) is 0 Å². The van der Waals surface area contributed by atoms with E-state index < -0.39 is 35.0 Å². The quantitative estimate of drug-likeness (QED) is 0.129. The molecule has 1 atom stereocenters. The van der Waals surface area contributed by atoms with Crippen LogP contribution in [0.25, 0.3) is 0 Å². The van der Waals surface area contributed by atoms with Gasteiger partial charge in [-0.15, -0.1) is 0 Å². The first kappa shape index (κ1) is 33.9. The Morgan fingerprint density at radius 2 is 1.09 bits per heavy atom. The molecule has 33 heavy (non-hydrogen) atoms. The molecular formula is C28H62O2Si2Sn. The molecule has 5 heteroatoms. The molecule has 0 N–H and O–H groups in total. The van der Waals surface area contributed by atoms with E-state index in [4.69, 9.17) is 8.85 Å². The summed E-state index contributed by atoms with van der Waals surface area (Å²) in [4.78, 5) is 0. The molecule has 0 amide bonds. The molecule has 1 unspecified atom stereocenters. The summed E-state index contributed by atoms with van der Waals surface area (Å²) in [5.74, 6) is 0. The summed E-state index contributed by atoms with van der Waals surface area (Å²) in [6.45, 7) is 31.6. The fraction of sp³-hybridized carbons (Fsp3) is 0.929. The van der Waals surface area contributed by atoms with Crippen LogP contribution in [-0.4, -0.2) is 45.7 Å². The van der Waals surface area contributed by atoms with Gasteiger partial charge in [-0.1, -0.05) is 0 Å².